The molecule has 0 radical (unpaired) electrons. The van der Waals surface area contributed by atoms with Crippen LogP contribution in [0.2, 0.25) is 0 Å². The quantitative estimate of drug-likeness (QED) is 0.788. The van der Waals surface area contributed by atoms with E-state index in [1.807, 2.05) is 0 Å². The average molecular weight is 315 g/mol. The van der Waals surface area contributed by atoms with E-state index in [0.717, 1.165) is 0 Å². The van der Waals surface area contributed by atoms with Gasteiger partial charge in [0.1, 0.15) is 12.4 Å². The van der Waals surface area contributed by atoms with Gasteiger partial charge in [-0.3, -0.25) is 9.59 Å². The second kappa shape index (κ2) is 5.06. The van der Waals surface area contributed by atoms with E-state index in [4.69, 9.17) is 0 Å². The molecular formula is C12H12BrFN2O2. The molecule has 1 fully saturated rings. The molecular weight excluding hydrogens is 303 g/mol. The lowest BCUT2D eigenvalue weighted by atomic mass is 10.1. The van der Waals surface area contributed by atoms with Crippen molar-refractivity contribution in [2.75, 3.05) is 26.7 Å². The van der Waals surface area contributed by atoms with Crippen LogP contribution in [-0.2, 0) is 4.79 Å². The van der Waals surface area contributed by atoms with Gasteiger partial charge in [0, 0.05) is 25.7 Å². The van der Waals surface area contributed by atoms with E-state index in [9.17, 15) is 14.0 Å². The molecule has 4 nitrogen and oxygen atoms in total. The van der Waals surface area contributed by atoms with Gasteiger partial charge in [0.05, 0.1) is 4.47 Å². The standard InChI is InChI=1S/C12H12BrFN2O2/c1-15-4-5-16(7-11(15)17)12(18)8-2-3-9(13)10(14)6-8/h2-3,6H,4-5,7H2,1H3. The van der Waals surface area contributed by atoms with Crippen molar-refractivity contribution in [3.63, 3.8) is 0 Å². The highest BCUT2D eigenvalue weighted by atomic mass is 79.9. The van der Waals surface area contributed by atoms with Crippen molar-refractivity contribution in [1.82, 2.24) is 9.80 Å². The lowest BCUT2D eigenvalue weighted by Crippen LogP contribution is -2.50. The van der Waals surface area contributed by atoms with Gasteiger partial charge >= 0.3 is 0 Å². The van der Waals surface area contributed by atoms with Crippen molar-refractivity contribution in [2.24, 2.45) is 0 Å². The molecule has 0 aromatic heterocycles. The van der Waals surface area contributed by atoms with Gasteiger partial charge < -0.3 is 9.80 Å². The van der Waals surface area contributed by atoms with Gasteiger partial charge in [-0.05, 0) is 34.1 Å². The van der Waals surface area contributed by atoms with Crippen molar-refractivity contribution >= 4 is 27.7 Å². The minimum Gasteiger partial charge on any atom is -0.342 e. The lowest BCUT2D eigenvalue weighted by molar-refractivity contribution is -0.133. The van der Waals surface area contributed by atoms with Gasteiger partial charge in [0.15, 0.2) is 0 Å². The van der Waals surface area contributed by atoms with E-state index in [1.165, 1.54) is 23.1 Å². The van der Waals surface area contributed by atoms with Gasteiger partial charge in [-0.25, -0.2) is 4.39 Å². The number of halogens is 2. The van der Waals surface area contributed by atoms with E-state index < -0.39 is 5.82 Å². The maximum atomic E-state index is 13.4. The third-order valence-corrected chi connectivity index (χ3v) is 3.55. The second-order valence-corrected chi connectivity index (χ2v) is 5.03. The fourth-order valence-corrected chi connectivity index (χ4v) is 1.99. The fraction of sp³-hybridized carbons (Fsp3) is 0.333. The molecule has 0 aliphatic carbocycles. The molecule has 0 spiro atoms. The first-order valence-electron chi connectivity index (χ1n) is 5.47. The summed E-state index contributed by atoms with van der Waals surface area (Å²) in [5.41, 5.74) is 0.257. The monoisotopic (exact) mass is 314 g/mol. The predicted octanol–water partition coefficient (Wildman–Crippen LogP) is 1.50. The summed E-state index contributed by atoms with van der Waals surface area (Å²) >= 11 is 3.03. The van der Waals surface area contributed by atoms with Crippen LogP contribution in [-0.4, -0.2) is 48.3 Å². The Morgan fingerprint density at radius 1 is 1.39 bits per heavy atom. The van der Waals surface area contributed by atoms with Crippen LogP contribution in [0.4, 0.5) is 4.39 Å². The number of nitrogens with zero attached hydrogens (tertiary/aromatic N) is 2. The molecule has 1 aliphatic heterocycles. The Morgan fingerprint density at radius 2 is 2.11 bits per heavy atom. The number of carbonyl (C=O) groups is 2. The summed E-state index contributed by atoms with van der Waals surface area (Å²) < 4.78 is 13.7. The molecule has 0 saturated carbocycles. The summed E-state index contributed by atoms with van der Waals surface area (Å²) in [7, 11) is 1.70. The maximum Gasteiger partial charge on any atom is 0.254 e. The van der Waals surface area contributed by atoms with Crippen LogP contribution in [0, 0.1) is 5.82 Å². The highest BCUT2D eigenvalue weighted by molar-refractivity contribution is 9.10. The molecule has 0 unspecified atom stereocenters. The Bertz CT molecular complexity index is 507. The molecule has 0 bridgehead atoms. The topological polar surface area (TPSA) is 40.6 Å². The summed E-state index contributed by atoms with van der Waals surface area (Å²) in [4.78, 5) is 26.6. The molecule has 1 heterocycles. The van der Waals surface area contributed by atoms with Gasteiger partial charge in [0.2, 0.25) is 5.91 Å². The van der Waals surface area contributed by atoms with Crippen LogP contribution in [0.3, 0.4) is 0 Å². The molecule has 2 rings (SSSR count). The van der Waals surface area contributed by atoms with Crippen LogP contribution in [0.25, 0.3) is 0 Å². The average Bonchev–Trinajstić information content (AvgIpc) is 2.35. The number of amides is 2. The first kappa shape index (κ1) is 13.0. The number of carbonyl (C=O) groups excluding carboxylic acids is 2. The Balaban J connectivity index is 2.16. The minimum atomic E-state index is -0.485. The van der Waals surface area contributed by atoms with Crippen LogP contribution in [0.15, 0.2) is 22.7 Å². The van der Waals surface area contributed by atoms with E-state index in [0.29, 0.717) is 17.6 Å². The van der Waals surface area contributed by atoms with Gasteiger partial charge in [0.25, 0.3) is 5.91 Å². The number of hydrogen-bond donors (Lipinski definition) is 0. The highest BCUT2D eigenvalue weighted by Gasteiger charge is 2.25. The number of likely N-dealkylation sites (N-methyl/N-ethyl adjacent to an activating group) is 1. The third-order valence-electron chi connectivity index (χ3n) is 2.91. The Labute approximate surface area is 112 Å². The molecule has 0 N–H and O–H groups in total. The molecule has 1 saturated heterocycles. The Hall–Kier alpha value is -1.43. The predicted molar refractivity (Wildman–Crippen MR) is 67.6 cm³/mol. The zero-order valence-electron chi connectivity index (χ0n) is 9.82. The van der Waals surface area contributed by atoms with Crippen molar-refractivity contribution in [1.29, 1.82) is 0 Å². The van der Waals surface area contributed by atoms with E-state index in [2.05, 4.69) is 15.9 Å². The Morgan fingerprint density at radius 3 is 2.72 bits per heavy atom. The van der Waals surface area contributed by atoms with Crippen molar-refractivity contribution in [3.05, 3.63) is 34.1 Å². The van der Waals surface area contributed by atoms with E-state index in [1.54, 1.807) is 11.9 Å². The third kappa shape index (κ3) is 2.53. The van der Waals surface area contributed by atoms with Gasteiger partial charge in [-0.15, -0.1) is 0 Å². The zero-order chi connectivity index (χ0) is 13.3. The molecule has 1 aromatic rings. The number of benzene rings is 1. The minimum absolute atomic E-state index is 0.0486. The first-order valence-corrected chi connectivity index (χ1v) is 6.26. The summed E-state index contributed by atoms with van der Waals surface area (Å²) in [5, 5.41) is 0. The van der Waals surface area contributed by atoms with E-state index >= 15 is 0 Å². The number of rotatable bonds is 1. The summed E-state index contributed by atoms with van der Waals surface area (Å²) in [5.74, 6) is -0.906. The van der Waals surface area contributed by atoms with E-state index in [-0.39, 0.29) is 23.9 Å². The smallest absolute Gasteiger partial charge is 0.254 e. The van der Waals surface area contributed by atoms with Crippen molar-refractivity contribution in [2.45, 2.75) is 0 Å². The largest absolute Gasteiger partial charge is 0.342 e. The maximum absolute atomic E-state index is 13.4. The first-order chi connectivity index (χ1) is 8.49. The molecule has 2 amide bonds. The molecule has 0 atom stereocenters. The molecule has 96 valence electrons. The van der Waals surface area contributed by atoms with Crippen LogP contribution in [0.5, 0.6) is 0 Å². The summed E-state index contributed by atoms with van der Waals surface area (Å²) in [6.45, 7) is 1.02. The lowest BCUT2D eigenvalue weighted by Gasteiger charge is -2.32. The SMILES string of the molecule is CN1CCN(C(=O)c2ccc(Br)c(F)c2)CC1=O. The summed E-state index contributed by atoms with van der Waals surface area (Å²) in [6.07, 6.45) is 0. The summed E-state index contributed by atoms with van der Waals surface area (Å²) in [6, 6.07) is 4.20. The van der Waals surface area contributed by atoms with Crippen LogP contribution >= 0.6 is 15.9 Å². The fourth-order valence-electron chi connectivity index (χ4n) is 1.74. The Kier molecular flexibility index (Phi) is 3.65. The highest BCUT2D eigenvalue weighted by Crippen LogP contribution is 2.18. The molecule has 1 aromatic carbocycles. The molecule has 1 aliphatic rings. The van der Waals surface area contributed by atoms with Crippen LogP contribution in [0.1, 0.15) is 10.4 Å². The number of hydrogen-bond acceptors (Lipinski definition) is 2. The second-order valence-electron chi connectivity index (χ2n) is 4.17. The van der Waals surface area contributed by atoms with Gasteiger partial charge in [-0.2, -0.15) is 0 Å². The normalized spacial score (nSPS) is 16.1. The van der Waals surface area contributed by atoms with Crippen LogP contribution < -0.4 is 0 Å². The molecule has 18 heavy (non-hydrogen) atoms. The molecule has 6 heteroatoms. The number of piperazine rings is 1. The van der Waals surface area contributed by atoms with Crippen molar-refractivity contribution in [3.8, 4) is 0 Å². The van der Waals surface area contributed by atoms with Gasteiger partial charge in [-0.1, -0.05) is 0 Å². The van der Waals surface area contributed by atoms with Crippen molar-refractivity contribution < 1.29 is 14.0 Å². The zero-order valence-corrected chi connectivity index (χ0v) is 11.4.